The molecule has 0 aromatic carbocycles. The molecule has 1 aliphatic heterocycles. The van der Waals surface area contributed by atoms with Crippen LogP contribution in [0.15, 0.2) is 6.20 Å². The first kappa shape index (κ1) is 18.3. The Balaban J connectivity index is 1.46. The van der Waals surface area contributed by atoms with Crippen LogP contribution in [0.5, 0.6) is 0 Å². The van der Waals surface area contributed by atoms with Gasteiger partial charge in [-0.15, -0.1) is 5.10 Å². The number of aliphatic hydroxyl groups excluding tert-OH is 1. The molecular weight excluding hydrogens is 320 g/mol. The summed E-state index contributed by atoms with van der Waals surface area (Å²) in [5.74, 6) is 0.665. The average molecular weight is 350 g/mol. The number of ether oxygens (including phenoxy) is 1. The van der Waals surface area contributed by atoms with Gasteiger partial charge in [0.2, 0.25) is 5.91 Å². The summed E-state index contributed by atoms with van der Waals surface area (Å²) in [6.45, 7) is 4.89. The molecule has 1 aromatic rings. The summed E-state index contributed by atoms with van der Waals surface area (Å²) in [5, 5.41) is 21.1. The summed E-state index contributed by atoms with van der Waals surface area (Å²) in [6.07, 6.45) is 7.45. The Morgan fingerprint density at radius 1 is 1.40 bits per heavy atom. The predicted octanol–water partition coefficient (Wildman–Crippen LogP) is 1.62. The van der Waals surface area contributed by atoms with Crippen LogP contribution in [0.25, 0.3) is 0 Å². The van der Waals surface area contributed by atoms with Crippen molar-refractivity contribution in [2.24, 2.45) is 5.92 Å². The first-order valence-corrected chi connectivity index (χ1v) is 9.53. The van der Waals surface area contributed by atoms with Crippen LogP contribution in [0.2, 0.25) is 0 Å². The van der Waals surface area contributed by atoms with E-state index in [1.54, 1.807) is 0 Å². The molecule has 2 heterocycles. The monoisotopic (exact) mass is 350 g/mol. The van der Waals surface area contributed by atoms with E-state index < -0.39 is 0 Å². The molecule has 7 nitrogen and oxygen atoms in total. The second kappa shape index (κ2) is 8.27. The minimum Gasteiger partial charge on any atom is -0.394 e. The lowest BCUT2D eigenvalue weighted by molar-refractivity contribution is -0.134. The maximum absolute atomic E-state index is 12.1. The highest BCUT2D eigenvalue weighted by molar-refractivity contribution is 5.79. The van der Waals surface area contributed by atoms with Crippen molar-refractivity contribution in [2.75, 3.05) is 6.61 Å². The molecule has 2 N–H and O–H groups in total. The van der Waals surface area contributed by atoms with Gasteiger partial charge in [-0.3, -0.25) is 9.48 Å². The van der Waals surface area contributed by atoms with E-state index in [-0.39, 0.29) is 36.7 Å². The molecule has 0 unspecified atom stereocenters. The van der Waals surface area contributed by atoms with Crippen LogP contribution in [0.1, 0.15) is 64.0 Å². The molecular formula is C18H30N4O3. The molecule has 3 rings (SSSR count). The lowest BCUT2D eigenvalue weighted by atomic mass is 9.84. The SMILES string of the molecule is CC(C)c1cn(CC[C@@H]2CC[C@H](NC(=O)C3CCC3)[C@H](CO)O2)nn1. The van der Waals surface area contributed by atoms with Crippen molar-refractivity contribution in [2.45, 2.75) is 83.1 Å². The number of aryl methyl sites for hydroxylation is 1. The Morgan fingerprint density at radius 3 is 2.80 bits per heavy atom. The molecule has 140 valence electrons. The number of aliphatic hydroxyl groups is 1. The maximum Gasteiger partial charge on any atom is 0.223 e. The highest BCUT2D eigenvalue weighted by Crippen LogP contribution is 2.28. The standard InChI is InChI=1S/C18H30N4O3/c1-12(2)16-10-22(21-20-16)9-8-14-6-7-15(17(11-23)25-14)19-18(24)13-4-3-5-13/h10,12-15,17,23H,3-9,11H2,1-2H3,(H,19,24)/t14-,15-,17-/m0/s1. The topological polar surface area (TPSA) is 89.3 Å². The Morgan fingerprint density at radius 2 is 2.20 bits per heavy atom. The van der Waals surface area contributed by atoms with Gasteiger partial charge < -0.3 is 15.2 Å². The van der Waals surface area contributed by atoms with E-state index in [1.165, 1.54) is 0 Å². The normalized spacial score (nSPS) is 27.3. The van der Waals surface area contributed by atoms with Gasteiger partial charge in [-0.1, -0.05) is 25.5 Å². The van der Waals surface area contributed by atoms with Crippen molar-refractivity contribution in [3.8, 4) is 0 Å². The van der Waals surface area contributed by atoms with Crippen LogP contribution < -0.4 is 5.32 Å². The van der Waals surface area contributed by atoms with Crippen molar-refractivity contribution in [3.63, 3.8) is 0 Å². The number of rotatable bonds is 7. The summed E-state index contributed by atoms with van der Waals surface area (Å²) in [7, 11) is 0. The van der Waals surface area contributed by atoms with Gasteiger partial charge in [0.15, 0.2) is 0 Å². The first-order chi connectivity index (χ1) is 12.1. The van der Waals surface area contributed by atoms with Gasteiger partial charge in [0.05, 0.1) is 24.4 Å². The maximum atomic E-state index is 12.1. The van der Waals surface area contributed by atoms with Gasteiger partial charge in [0.25, 0.3) is 0 Å². The summed E-state index contributed by atoms with van der Waals surface area (Å²) in [4.78, 5) is 12.1. The fourth-order valence-corrected chi connectivity index (χ4v) is 3.44. The minimum absolute atomic E-state index is 0.0626. The number of nitrogens with one attached hydrogen (secondary N) is 1. The molecule has 1 amide bonds. The Kier molecular flexibility index (Phi) is 6.06. The Bertz CT molecular complexity index is 570. The largest absolute Gasteiger partial charge is 0.394 e. The van der Waals surface area contributed by atoms with Crippen LogP contribution in [-0.4, -0.2) is 50.9 Å². The van der Waals surface area contributed by atoms with Gasteiger partial charge in [-0.25, -0.2) is 0 Å². The van der Waals surface area contributed by atoms with E-state index in [9.17, 15) is 9.90 Å². The lowest BCUT2D eigenvalue weighted by Crippen LogP contribution is -2.52. The number of nitrogens with zero attached hydrogens (tertiary/aromatic N) is 3. The third kappa shape index (κ3) is 4.58. The highest BCUT2D eigenvalue weighted by atomic mass is 16.5. The molecule has 0 radical (unpaired) electrons. The van der Waals surface area contributed by atoms with Crippen molar-refractivity contribution in [1.29, 1.82) is 0 Å². The fourth-order valence-electron chi connectivity index (χ4n) is 3.44. The molecule has 1 aromatic heterocycles. The predicted molar refractivity (Wildman–Crippen MR) is 93.0 cm³/mol. The molecule has 2 aliphatic rings. The number of carbonyl (C=O) groups is 1. The summed E-state index contributed by atoms with van der Waals surface area (Å²) < 4.78 is 7.89. The third-order valence-electron chi connectivity index (χ3n) is 5.43. The van der Waals surface area contributed by atoms with E-state index >= 15 is 0 Å². The highest BCUT2D eigenvalue weighted by Gasteiger charge is 2.34. The summed E-state index contributed by atoms with van der Waals surface area (Å²) >= 11 is 0. The molecule has 25 heavy (non-hydrogen) atoms. The Labute approximate surface area is 149 Å². The van der Waals surface area contributed by atoms with E-state index in [2.05, 4.69) is 29.5 Å². The van der Waals surface area contributed by atoms with Gasteiger partial charge in [-0.05, 0) is 38.0 Å². The molecule has 2 fully saturated rings. The van der Waals surface area contributed by atoms with Crippen molar-refractivity contribution < 1.29 is 14.6 Å². The van der Waals surface area contributed by atoms with E-state index in [0.717, 1.165) is 50.8 Å². The molecule has 0 spiro atoms. The molecule has 7 heteroatoms. The fraction of sp³-hybridized carbons (Fsp3) is 0.833. The van der Waals surface area contributed by atoms with Gasteiger partial charge in [0.1, 0.15) is 6.10 Å². The van der Waals surface area contributed by atoms with Crippen LogP contribution in [0.4, 0.5) is 0 Å². The number of carbonyl (C=O) groups excluding carboxylic acids is 1. The number of aromatic nitrogens is 3. The van der Waals surface area contributed by atoms with Gasteiger partial charge >= 0.3 is 0 Å². The molecule has 1 saturated heterocycles. The van der Waals surface area contributed by atoms with E-state index in [4.69, 9.17) is 4.74 Å². The molecule has 1 aliphatic carbocycles. The van der Waals surface area contributed by atoms with Crippen molar-refractivity contribution in [1.82, 2.24) is 20.3 Å². The van der Waals surface area contributed by atoms with Crippen molar-refractivity contribution in [3.05, 3.63) is 11.9 Å². The third-order valence-corrected chi connectivity index (χ3v) is 5.43. The lowest BCUT2D eigenvalue weighted by Gasteiger charge is -2.37. The van der Waals surface area contributed by atoms with Crippen LogP contribution in [0, 0.1) is 5.92 Å². The van der Waals surface area contributed by atoms with Crippen LogP contribution in [0.3, 0.4) is 0 Å². The molecule has 0 bridgehead atoms. The average Bonchev–Trinajstić information content (AvgIpc) is 3.01. The van der Waals surface area contributed by atoms with Crippen LogP contribution >= 0.6 is 0 Å². The number of hydrogen-bond donors (Lipinski definition) is 2. The number of hydrogen-bond acceptors (Lipinski definition) is 5. The second-order valence-corrected chi connectivity index (χ2v) is 7.65. The Hall–Kier alpha value is -1.47. The molecule has 1 saturated carbocycles. The van der Waals surface area contributed by atoms with E-state index in [0.29, 0.717) is 5.92 Å². The quantitative estimate of drug-likeness (QED) is 0.780. The van der Waals surface area contributed by atoms with Gasteiger partial charge in [0, 0.05) is 18.7 Å². The summed E-state index contributed by atoms with van der Waals surface area (Å²) in [5.41, 5.74) is 0.997. The van der Waals surface area contributed by atoms with Gasteiger partial charge in [-0.2, -0.15) is 0 Å². The summed E-state index contributed by atoms with van der Waals surface area (Å²) in [6, 6.07) is -0.0757. The number of amides is 1. The van der Waals surface area contributed by atoms with E-state index in [1.807, 2.05) is 10.9 Å². The smallest absolute Gasteiger partial charge is 0.223 e. The van der Waals surface area contributed by atoms with Crippen molar-refractivity contribution >= 4 is 5.91 Å². The minimum atomic E-state index is -0.315. The first-order valence-electron chi connectivity index (χ1n) is 9.53. The van der Waals surface area contributed by atoms with Crippen LogP contribution in [-0.2, 0) is 16.1 Å². The zero-order valence-corrected chi connectivity index (χ0v) is 15.2. The second-order valence-electron chi connectivity index (χ2n) is 7.65. The molecule has 3 atom stereocenters. The zero-order chi connectivity index (χ0) is 17.8. The zero-order valence-electron chi connectivity index (χ0n) is 15.2.